The first-order valence-corrected chi connectivity index (χ1v) is 4.08. The number of aliphatic carboxylic acids is 1. The summed E-state index contributed by atoms with van der Waals surface area (Å²) in [6, 6.07) is 0. The Morgan fingerprint density at radius 1 is 1.15 bits per heavy atom. The van der Waals surface area contributed by atoms with Crippen LogP contribution in [0.3, 0.4) is 0 Å². The quantitative estimate of drug-likeness (QED) is 0.468. The van der Waals surface area contributed by atoms with Crippen LogP contribution in [0.2, 0.25) is 0 Å². The second-order valence-electron chi connectivity index (χ2n) is 4.17. The summed E-state index contributed by atoms with van der Waals surface area (Å²) in [4.78, 5) is 10.5. The normalized spacial score (nSPS) is 11.0. The highest BCUT2D eigenvalue weighted by atomic mass is 16.5. The van der Waals surface area contributed by atoms with E-state index in [1.165, 1.54) is 0 Å². The highest BCUT2D eigenvalue weighted by Crippen LogP contribution is 2.24. The average Bonchev–Trinajstić information content (AvgIpc) is 1.82. The van der Waals surface area contributed by atoms with Crippen LogP contribution in [0.4, 0.5) is 0 Å². The Hall–Kier alpha value is -1.19. The van der Waals surface area contributed by atoms with Crippen molar-refractivity contribution in [2.45, 2.75) is 33.6 Å². The molecule has 0 aliphatic heterocycles. The van der Waals surface area contributed by atoms with Crippen molar-refractivity contribution < 1.29 is 20.1 Å². The van der Waals surface area contributed by atoms with Crippen LogP contribution in [-0.4, -0.2) is 21.3 Å². The number of hydrogen-bond donors (Lipinski definition) is 3. The van der Waals surface area contributed by atoms with Gasteiger partial charge in [-0.3, -0.25) is 0 Å². The summed E-state index contributed by atoms with van der Waals surface area (Å²) in [5, 5.41) is 25.8. The van der Waals surface area contributed by atoms with Crippen LogP contribution in [0.1, 0.15) is 33.6 Å². The Morgan fingerprint density at radius 3 is 1.85 bits per heavy atom. The van der Waals surface area contributed by atoms with E-state index in [1.54, 1.807) is 0 Å². The fraction of sp³-hybridized carbons (Fsp3) is 0.667. The van der Waals surface area contributed by atoms with Crippen LogP contribution in [0.15, 0.2) is 11.5 Å². The van der Waals surface area contributed by atoms with E-state index in [4.69, 9.17) is 15.3 Å². The van der Waals surface area contributed by atoms with Gasteiger partial charge in [0.15, 0.2) is 0 Å². The third-order valence-electron chi connectivity index (χ3n) is 1.65. The van der Waals surface area contributed by atoms with Crippen molar-refractivity contribution in [2.75, 3.05) is 0 Å². The van der Waals surface area contributed by atoms with E-state index in [1.807, 2.05) is 20.8 Å². The van der Waals surface area contributed by atoms with Gasteiger partial charge in [-0.25, -0.2) is 4.79 Å². The highest BCUT2D eigenvalue weighted by molar-refractivity contribution is 5.86. The van der Waals surface area contributed by atoms with Gasteiger partial charge in [0.25, 0.3) is 5.95 Å². The van der Waals surface area contributed by atoms with Crippen LogP contribution in [0.25, 0.3) is 0 Å². The van der Waals surface area contributed by atoms with Crippen molar-refractivity contribution >= 4 is 5.97 Å². The van der Waals surface area contributed by atoms with Gasteiger partial charge in [0.2, 0.25) is 0 Å². The van der Waals surface area contributed by atoms with Gasteiger partial charge >= 0.3 is 5.97 Å². The molecule has 76 valence electrons. The summed E-state index contributed by atoms with van der Waals surface area (Å²) in [7, 11) is 0. The molecule has 0 spiro atoms. The Balaban J connectivity index is 4.33. The molecule has 0 saturated heterocycles. The first-order chi connectivity index (χ1) is 5.74. The number of hydrogen-bond acceptors (Lipinski definition) is 3. The van der Waals surface area contributed by atoms with E-state index in [2.05, 4.69) is 0 Å². The molecule has 0 unspecified atom stereocenters. The molecule has 13 heavy (non-hydrogen) atoms. The van der Waals surface area contributed by atoms with Crippen molar-refractivity contribution in [2.24, 2.45) is 5.41 Å². The van der Waals surface area contributed by atoms with Crippen molar-refractivity contribution in [3.05, 3.63) is 11.5 Å². The lowest BCUT2D eigenvalue weighted by Crippen LogP contribution is -2.10. The number of aliphatic hydroxyl groups excluding tert-OH is 1. The Morgan fingerprint density at radius 2 is 1.62 bits per heavy atom. The summed E-state index contributed by atoms with van der Waals surface area (Å²) in [5.41, 5.74) is -0.342. The molecule has 4 nitrogen and oxygen atoms in total. The van der Waals surface area contributed by atoms with Crippen LogP contribution in [-0.2, 0) is 4.79 Å². The number of carboxylic acid groups (broad SMARTS) is 1. The maximum Gasteiger partial charge on any atom is 0.338 e. The summed E-state index contributed by atoms with van der Waals surface area (Å²) < 4.78 is 0. The Kier molecular flexibility index (Phi) is 3.78. The van der Waals surface area contributed by atoms with Crippen molar-refractivity contribution in [1.82, 2.24) is 0 Å². The number of carbonyl (C=O) groups is 1. The first-order valence-electron chi connectivity index (χ1n) is 4.08. The zero-order valence-electron chi connectivity index (χ0n) is 8.16. The van der Waals surface area contributed by atoms with Gasteiger partial charge in [-0.15, -0.1) is 0 Å². The predicted molar refractivity (Wildman–Crippen MR) is 48.6 cm³/mol. The van der Waals surface area contributed by atoms with Gasteiger partial charge in [0.05, 0.1) is 0 Å². The monoisotopic (exact) mass is 188 g/mol. The zero-order valence-corrected chi connectivity index (χ0v) is 8.16. The van der Waals surface area contributed by atoms with E-state index >= 15 is 0 Å². The fourth-order valence-corrected chi connectivity index (χ4v) is 0.814. The Labute approximate surface area is 77.5 Å². The summed E-state index contributed by atoms with van der Waals surface area (Å²) in [5.74, 6) is -2.36. The van der Waals surface area contributed by atoms with Gasteiger partial charge in [-0.1, -0.05) is 20.8 Å². The topological polar surface area (TPSA) is 77.8 Å². The summed E-state index contributed by atoms with van der Waals surface area (Å²) in [6.07, 6.45) is 0.764. The maximum atomic E-state index is 10.5. The molecule has 0 rings (SSSR count). The van der Waals surface area contributed by atoms with E-state index in [9.17, 15) is 4.79 Å². The van der Waals surface area contributed by atoms with Crippen LogP contribution in [0, 0.1) is 5.41 Å². The molecular formula is C9H16O4. The predicted octanol–water partition coefficient (Wildman–Crippen LogP) is 2.22. The molecule has 0 fully saturated rings. The molecule has 0 heterocycles. The molecule has 0 radical (unpaired) electrons. The van der Waals surface area contributed by atoms with E-state index < -0.39 is 11.9 Å². The Bertz CT molecular complexity index is 218. The largest absolute Gasteiger partial charge is 0.481 e. The number of aliphatic hydroxyl groups is 2. The lowest BCUT2D eigenvalue weighted by Gasteiger charge is -2.17. The van der Waals surface area contributed by atoms with E-state index in [0.29, 0.717) is 6.42 Å². The van der Waals surface area contributed by atoms with Gasteiger partial charge in [0.1, 0.15) is 5.57 Å². The van der Waals surface area contributed by atoms with E-state index in [0.717, 1.165) is 0 Å². The summed E-state index contributed by atoms with van der Waals surface area (Å²) in [6.45, 7) is 5.88. The fourth-order valence-electron chi connectivity index (χ4n) is 0.814. The molecule has 0 aromatic carbocycles. The molecular weight excluding hydrogens is 172 g/mol. The van der Waals surface area contributed by atoms with Gasteiger partial charge < -0.3 is 15.3 Å². The molecule has 0 saturated carbocycles. The van der Waals surface area contributed by atoms with Crippen LogP contribution < -0.4 is 0 Å². The van der Waals surface area contributed by atoms with Crippen molar-refractivity contribution in [3.63, 3.8) is 0 Å². The van der Waals surface area contributed by atoms with Gasteiger partial charge in [0, 0.05) is 0 Å². The third kappa shape index (κ3) is 5.11. The minimum Gasteiger partial charge on any atom is -0.481 e. The van der Waals surface area contributed by atoms with Crippen molar-refractivity contribution in [1.29, 1.82) is 0 Å². The first kappa shape index (κ1) is 11.8. The third-order valence-corrected chi connectivity index (χ3v) is 1.65. The minimum absolute atomic E-state index is 0.0177. The highest BCUT2D eigenvalue weighted by Gasteiger charge is 2.18. The average molecular weight is 188 g/mol. The summed E-state index contributed by atoms with van der Waals surface area (Å²) >= 11 is 0. The lowest BCUT2D eigenvalue weighted by molar-refractivity contribution is -0.133. The van der Waals surface area contributed by atoms with Crippen LogP contribution >= 0.6 is 0 Å². The second kappa shape index (κ2) is 4.16. The van der Waals surface area contributed by atoms with Crippen LogP contribution in [0.5, 0.6) is 0 Å². The molecule has 0 bridgehead atoms. The molecule has 0 aliphatic carbocycles. The minimum atomic E-state index is -1.27. The standard InChI is InChI=1S/C9H16O4/c1-9(2,3)5-4-6(7(10)11)8(12)13/h10-11H,4-5H2,1-3H3,(H,12,13). The molecule has 0 amide bonds. The molecule has 3 N–H and O–H groups in total. The molecule has 0 atom stereocenters. The second-order valence-corrected chi connectivity index (χ2v) is 4.17. The molecule has 0 aromatic rings. The number of carboxylic acids is 1. The van der Waals surface area contributed by atoms with E-state index in [-0.39, 0.29) is 17.4 Å². The molecule has 0 aromatic heterocycles. The lowest BCUT2D eigenvalue weighted by atomic mass is 9.89. The van der Waals surface area contributed by atoms with Crippen molar-refractivity contribution in [3.8, 4) is 0 Å². The smallest absolute Gasteiger partial charge is 0.338 e. The van der Waals surface area contributed by atoms with Gasteiger partial charge in [-0.2, -0.15) is 0 Å². The zero-order chi connectivity index (χ0) is 10.6. The number of rotatable bonds is 3. The molecule has 0 aliphatic rings. The molecule has 4 heteroatoms. The maximum absolute atomic E-state index is 10.5. The van der Waals surface area contributed by atoms with Gasteiger partial charge in [-0.05, 0) is 18.3 Å². The SMILES string of the molecule is CC(C)(C)CCC(C(=O)O)=C(O)O.